The fourth-order valence-corrected chi connectivity index (χ4v) is 3.24. The molecule has 2 aromatic heterocycles. The van der Waals surface area contributed by atoms with Crippen LogP contribution in [0.15, 0.2) is 67.0 Å². The van der Waals surface area contributed by atoms with Gasteiger partial charge >= 0.3 is 0 Å². The van der Waals surface area contributed by atoms with Gasteiger partial charge in [-0.3, -0.25) is 4.79 Å². The van der Waals surface area contributed by atoms with Gasteiger partial charge in [-0.05, 0) is 54.4 Å². The van der Waals surface area contributed by atoms with Gasteiger partial charge < -0.3 is 5.32 Å². The molecule has 4 rings (SSSR count). The number of halogens is 3. The molecule has 0 bridgehead atoms. The van der Waals surface area contributed by atoms with Gasteiger partial charge in [-0.15, -0.1) is 0 Å². The summed E-state index contributed by atoms with van der Waals surface area (Å²) in [6, 6.07) is 14.3. The summed E-state index contributed by atoms with van der Waals surface area (Å²) in [5, 5.41) is 3.51. The van der Waals surface area contributed by atoms with Crippen molar-refractivity contribution in [3.63, 3.8) is 0 Å². The molecular weight excluding hydrogens is 452 g/mol. The highest BCUT2D eigenvalue weighted by atomic mass is 35.5. The van der Waals surface area contributed by atoms with Crippen LogP contribution in [0.3, 0.4) is 0 Å². The minimum absolute atomic E-state index is 0.0875. The topological polar surface area (TPSA) is 80.7 Å². The summed E-state index contributed by atoms with van der Waals surface area (Å²) >= 11 is 11.8. The quantitative estimate of drug-likeness (QED) is 0.389. The van der Waals surface area contributed by atoms with Crippen molar-refractivity contribution in [3.05, 3.63) is 94.4 Å². The monoisotopic (exact) mass is 467 g/mol. The molecule has 0 aliphatic rings. The molecule has 0 spiro atoms. The molecule has 1 N–H and O–H groups in total. The van der Waals surface area contributed by atoms with E-state index in [1.807, 2.05) is 0 Å². The van der Waals surface area contributed by atoms with E-state index in [1.165, 1.54) is 24.5 Å². The lowest BCUT2D eigenvalue weighted by Crippen LogP contribution is -2.27. The molecule has 2 aromatic carbocycles. The Kier molecular flexibility index (Phi) is 6.39. The van der Waals surface area contributed by atoms with Crippen LogP contribution in [0.25, 0.3) is 22.6 Å². The van der Waals surface area contributed by atoms with Crippen molar-refractivity contribution in [1.82, 2.24) is 25.3 Å². The largest absolute Gasteiger partial charge is 0.344 e. The third-order valence-corrected chi connectivity index (χ3v) is 5.12. The van der Waals surface area contributed by atoms with Gasteiger partial charge in [0, 0.05) is 23.0 Å². The van der Waals surface area contributed by atoms with Crippen molar-refractivity contribution >= 4 is 29.1 Å². The molecule has 9 heteroatoms. The van der Waals surface area contributed by atoms with Gasteiger partial charge in [-0.1, -0.05) is 35.9 Å². The highest BCUT2D eigenvalue weighted by molar-refractivity contribution is 6.30. The van der Waals surface area contributed by atoms with Crippen LogP contribution in [0.5, 0.6) is 0 Å². The molecule has 6 nitrogen and oxygen atoms in total. The average molecular weight is 468 g/mol. The van der Waals surface area contributed by atoms with Crippen molar-refractivity contribution in [2.24, 2.45) is 0 Å². The normalized spacial score (nSPS) is 11.8. The van der Waals surface area contributed by atoms with Gasteiger partial charge in [0.15, 0.2) is 5.82 Å². The summed E-state index contributed by atoms with van der Waals surface area (Å²) in [4.78, 5) is 29.9. The number of hydrogen-bond acceptors (Lipinski definition) is 5. The molecule has 1 unspecified atom stereocenters. The van der Waals surface area contributed by atoms with Crippen LogP contribution in [0.1, 0.15) is 29.0 Å². The summed E-state index contributed by atoms with van der Waals surface area (Å²) in [5.74, 6) is -0.547. The first-order chi connectivity index (χ1) is 15.4. The second-order valence-corrected chi connectivity index (χ2v) is 7.73. The zero-order valence-corrected chi connectivity index (χ0v) is 18.3. The van der Waals surface area contributed by atoms with E-state index in [0.29, 0.717) is 21.8 Å². The lowest BCUT2D eigenvalue weighted by atomic mass is 10.1. The number of nitrogens with one attached hydrogen (secondary N) is 1. The molecule has 0 saturated carbocycles. The number of rotatable bonds is 5. The van der Waals surface area contributed by atoms with Gasteiger partial charge in [0.25, 0.3) is 5.91 Å². The van der Waals surface area contributed by atoms with E-state index in [4.69, 9.17) is 23.2 Å². The maximum Gasteiger partial charge on any atom is 0.270 e. The molecule has 1 amide bonds. The summed E-state index contributed by atoms with van der Waals surface area (Å²) in [6.07, 6.45) is 2.96. The zero-order valence-electron chi connectivity index (χ0n) is 16.8. The smallest absolute Gasteiger partial charge is 0.270 e. The second-order valence-electron chi connectivity index (χ2n) is 6.96. The first kappa shape index (κ1) is 21.8. The number of carbonyl (C=O) groups is 1. The Bertz CT molecular complexity index is 1200. The van der Waals surface area contributed by atoms with E-state index in [0.717, 1.165) is 5.56 Å². The van der Waals surface area contributed by atoms with Crippen molar-refractivity contribution in [2.45, 2.75) is 13.0 Å². The van der Waals surface area contributed by atoms with E-state index in [1.54, 1.807) is 49.4 Å². The van der Waals surface area contributed by atoms with Crippen molar-refractivity contribution in [3.8, 4) is 22.6 Å². The van der Waals surface area contributed by atoms with Crippen LogP contribution < -0.4 is 5.32 Å². The van der Waals surface area contributed by atoms with Crippen molar-refractivity contribution in [1.29, 1.82) is 0 Å². The first-order valence-electron chi connectivity index (χ1n) is 9.58. The maximum atomic E-state index is 13.6. The fraction of sp³-hybridized carbons (Fsp3) is 0.0870. The summed E-state index contributed by atoms with van der Waals surface area (Å²) in [5.41, 5.74) is 2.54. The Morgan fingerprint density at radius 2 is 1.69 bits per heavy atom. The molecule has 2 heterocycles. The summed E-state index contributed by atoms with van der Waals surface area (Å²) < 4.78 is 13.6. The fourth-order valence-electron chi connectivity index (χ4n) is 3.02. The molecule has 0 aliphatic carbocycles. The predicted octanol–water partition coefficient (Wildman–Crippen LogP) is 5.54. The second kappa shape index (κ2) is 9.38. The Labute approximate surface area is 193 Å². The zero-order chi connectivity index (χ0) is 22.7. The van der Waals surface area contributed by atoms with Crippen LogP contribution in [0.4, 0.5) is 4.39 Å². The first-order valence-corrected chi connectivity index (χ1v) is 10.3. The third kappa shape index (κ3) is 5.07. The van der Waals surface area contributed by atoms with Crippen LogP contribution in [-0.4, -0.2) is 25.8 Å². The van der Waals surface area contributed by atoms with Crippen LogP contribution in [-0.2, 0) is 0 Å². The van der Waals surface area contributed by atoms with E-state index in [9.17, 15) is 9.18 Å². The van der Waals surface area contributed by atoms with E-state index < -0.39 is 11.9 Å². The van der Waals surface area contributed by atoms with Gasteiger partial charge in [-0.2, -0.15) is 0 Å². The molecule has 160 valence electrons. The van der Waals surface area contributed by atoms with Crippen LogP contribution in [0.2, 0.25) is 10.3 Å². The Balaban J connectivity index is 1.72. The summed E-state index contributed by atoms with van der Waals surface area (Å²) in [6.45, 7) is 1.77. The standard InChI is InChI=1S/C23H16Cl2FN5O/c1-13(15-3-2-4-18(26)9-15)29-22(32)20-10-19(14-5-7-17(24)8-6-14)30-21(31-20)16-11-27-23(25)28-12-16/h2-13H,1H3,(H,29,32). The minimum atomic E-state index is -0.436. The Morgan fingerprint density at radius 3 is 2.38 bits per heavy atom. The van der Waals surface area contributed by atoms with E-state index >= 15 is 0 Å². The van der Waals surface area contributed by atoms with Gasteiger partial charge in [0.2, 0.25) is 5.28 Å². The molecular formula is C23H16Cl2FN5O. The van der Waals surface area contributed by atoms with E-state index in [2.05, 4.69) is 25.3 Å². The Morgan fingerprint density at radius 1 is 0.969 bits per heavy atom. The minimum Gasteiger partial charge on any atom is -0.344 e. The lowest BCUT2D eigenvalue weighted by molar-refractivity contribution is 0.0934. The highest BCUT2D eigenvalue weighted by Gasteiger charge is 2.17. The molecule has 0 fully saturated rings. The van der Waals surface area contributed by atoms with Crippen molar-refractivity contribution in [2.75, 3.05) is 0 Å². The molecule has 0 saturated heterocycles. The molecule has 1 atom stereocenters. The van der Waals surface area contributed by atoms with Gasteiger partial charge in [0.1, 0.15) is 11.5 Å². The van der Waals surface area contributed by atoms with Crippen LogP contribution in [0, 0.1) is 5.82 Å². The lowest BCUT2D eigenvalue weighted by Gasteiger charge is -2.15. The third-order valence-electron chi connectivity index (χ3n) is 4.67. The molecule has 0 radical (unpaired) electrons. The number of nitrogens with zero attached hydrogens (tertiary/aromatic N) is 4. The number of hydrogen-bond donors (Lipinski definition) is 1. The predicted molar refractivity (Wildman–Crippen MR) is 121 cm³/mol. The number of amides is 1. The number of carbonyl (C=O) groups excluding carboxylic acids is 1. The number of aromatic nitrogens is 4. The maximum absolute atomic E-state index is 13.6. The number of benzene rings is 2. The van der Waals surface area contributed by atoms with E-state index in [-0.39, 0.29) is 22.6 Å². The van der Waals surface area contributed by atoms with Gasteiger partial charge in [0.05, 0.1) is 17.3 Å². The summed E-state index contributed by atoms with van der Waals surface area (Å²) in [7, 11) is 0. The SMILES string of the molecule is CC(NC(=O)c1cc(-c2ccc(Cl)cc2)nc(-c2cnc(Cl)nc2)n1)c1cccc(F)c1. The van der Waals surface area contributed by atoms with Crippen molar-refractivity contribution < 1.29 is 9.18 Å². The molecule has 0 aliphatic heterocycles. The molecule has 4 aromatic rings. The highest BCUT2D eigenvalue weighted by Crippen LogP contribution is 2.24. The average Bonchev–Trinajstić information content (AvgIpc) is 2.79. The van der Waals surface area contributed by atoms with Gasteiger partial charge in [-0.25, -0.2) is 24.3 Å². The Hall–Kier alpha value is -3.42. The molecule has 32 heavy (non-hydrogen) atoms. The van der Waals surface area contributed by atoms with Crippen LogP contribution >= 0.6 is 23.2 Å².